The standard InChI is InChI=1S/C16H22N2O2/c1-15(2)13(16(15,3)4)14(20)18-12(19)10-17-11-8-6-5-7-9-11/h5-9,13,17H,10H2,1-4H3,(H,18,19,20). The number of para-hydroxylation sites is 1. The van der Waals surface area contributed by atoms with Crippen molar-refractivity contribution < 1.29 is 9.59 Å². The zero-order chi connectivity index (χ0) is 15.0. The summed E-state index contributed by atoms with van der Waals surface area (Å²) in [6, 6.07) is 9.44. The molecular weight excluding hydrogens is 252 g/mol. The van der Waals surface area contributed by atoms with Crippen molar-refractivity contribution in [2.45, 2.75) is 27.7 Å². The first-order chi connectivity index (χ1) is 9.26. The van der Waals surface area contributed by atoms with Crippen LogP contribution >= 0.6 is 0 Å². The lowest BCUT2D eigenvalue weighted by Gasteiger charge is -2.07. The maximum absolute atomic E-state index is 12.1. The first-order valence-electron chi connectivity index (χ1n) is 6.89. The Balaban J connectivity index is 1.83. The number of imide groups is 1. The van der Waals surface area contributed by atoms with Crippen molar-refractivity contribution in [2.24, 2.45) is 16.7 Å². The van der Waals surface area contributed by atoms with Gasteiger partial charge in [-0.1, -0.05) is 45.9 Å². The minimum Gasteiger partial charge on any atom is -0.376 e. The largest absolute Gasteiger partial charge is 0.376 e. The van der Waals surface area contributed by atoms with Gasteiger partial charge in [-0.2, -0.15) is 0 Å². The van der Waals surface area contributed by atoms with Crippen LogP contribution in [0.15, 0.2) is 30.3 Å². The molecule has 0 aliphatic heterocycles. The molecule has 0 unspecified atom stereocenters. The molecule has 0 radical (unpaired) electrons. The van der Waals surface area contributed by atoms with Crippen LogP contribution in [-0.2, 0) is 9.59 Å². The number of hydrogen-bond acceptors (Lipinski definition) is 3. The average Bonchev–Trinajstić information content (AvgIpc) is 2.78. The molecule has 2 rings (SSSR count). The number of benzene rings is 1. The molecule has 0 atom stereocenters. The number of anilines is 1. The second kappa shape index (κ2) is 4.93. The molecule has 4 heteroatoms. The lowest BCUT2D eigenvalue weighted by molar-refractivity contribution is -0.130. The summed E-state index contributed by atoms with van der Waals surface area (Å²) < 4.78 is 0. The van der Waals surface area contributed by atoms with Gasteiger partial charge in [-0.05, 0) is 23.0 Å². The van der Waals surface area contributed by atoms with Crippen molar-refractivity contribution in [3.63, 3.8) is 0 Å². The van der Waals surface area contributed by atoms with E-state index < -0.39 is 0 Å². The topological polar surface area (TPSA) is 58.2 Å². The van der Waals surface area contributed by atoms with Gasteiger partial charge in [0.15, 0.2) is 0 Å². The highest BCUT2D eigenvalue weighted by atomic mass is 16.2. The van der Waals surface area contributed by atoms with Crippen LogP contribution in [0.5, 0.6) is 0 Å². The summed E-state index contributed by atoms with van der Waals surface area (Å²) in [5.41, 5.74) is 0.760. The van der Waals surface area contributed by atoms with Crippen molar-refractivity contribution in [1.82, 2.24) is 5.32 Å². The van der Waals surface area contributed by atoms with Gasteiger partial charge in [-0.3, -0.25) is 14.9 Å². The van der Waals surface area contributed by atoms with Crippen LogP contribution in [0, 0.1) is 16.7 Å². The highest BCUT2D eigenvalue weighted by Crippen LogP contribution is 2.68. The van der Waals surface area contributed by atoms with Gasteiger partial charge in [-0.15, -0.1) is 0 Å². The van der Waals surface area contributed by atoms with Gasteiger partial charge in [0.2, 0.25) is 11.8 Å². The fourth-order valence-electron chi connectivity index (χ4n) is 2.84. The SMILES string of the molecule is CC1(C)C(C(=O)NC(=O)CNc2ccccc2)C1(C)C. The third-order valence-electron chi connectivity index (χ3n) is 4.77. The summed E-state index contributed by atoms with van der Waals surface area (Å²) in [5, 5.41) is 5.47. The number of carbonyl (C=O) groups is 2. The first-order valence-corrected chi connectivity index (χ1v) is 6.89. The maximum atomic E-state index is 12.1. The molecule has 2 amide bonds. The van der Waals surface area contributed by atoms with Crippen molar-refractivity contribution in [3.05, 3.63) is 30.3 Å². The Morgan fingerprint density at radius 3 is 2.10 bits per heavy atom. The molecule has 0 bridgehead atoms. The summed E-state index contributed by atoms with van der Waals surface area (Å²) in [6.45, 7) is 8.34. The molecule has 0 heterocycles. The molecule has 20 heavy (non-hydrogen) atoms. The molecule has 1 aromatic rings. The van der Waals surface area contributed by atoms with E-state index in [0.29, 0.717) is 0 Å². The number of carbonyl (C=O) groups excluding carboxylic acids is 2. The van der Waals surface area contributed by atoms with Gasteiger partial charge >= 0.3 is 0 Å². The average molecular weight is 274 g/mol. The zero-order valence-corrected chi connectivity index (χ0v) is 12.5. The number of amides is 2. The molecule has 1 saturated carbocycles. The molecule has 0 aromatic heterocycles. The molecule has 0 spiro atoms. The van der Waals surface area contributed by atoms with Crippen molar-refractivity contribution in [3.8, 4) is 0 Å². The lowest BCUT2D eigenvalue weighted by atomic mass is 10.0. The van der Waals surface area contributed by atoms with Gasteiger partial charge in [-0.25, -0.2) is 0 Å². The minimum absolute atomic E-state index is 0.0514. The Kier molecular flexibility index (Phi) is 3.59. The Morgan fingerprint density at radius 2 is 1.60 bits per heavy atom. The van der Waals surface area contributed by atoms with Crippen molar-refractivity contribution >= 4 is 17.5 Å². The van der Waals surface area contributed by atoms with E-state index in [2.05, 4.69) is 38.3 Å². The van der Waals surface area contributed by atoms with Crippen LogP contribution in [0.4, 0.5) is 5.69 Å². The fraction of sp³-hybridized carbons (Fsp3) is 0.500. The summed E-state index contributed by atoms with van der Waals surface area (Å²) >= 11 is 0. The molecular formula is C16H22N2O2. The molecule has 1 aliphatic rings. The van der Waals surface area contributed by atoms with Crippen LogP contribution in [0.1, 0.15) is 27.7 Å². The zero-order valence-electron chi connectivity index (χ0n) is 12.5. The summed E-state index contributed by atoms with van der Waals surface area (Å²) in [7, 11) is 0. The van der Waals surface area contributed by atoms with Crippen molar-refractivity contribution in [1.29, 1.82) is 0 Å². The number of rotatable bonds is 4. The van der Waals surface area contributed by atoms with Gasteiger partial charge in [0, 0.05) is 11.6 Å². The van der Waals surface area contributed by atoms with Crippen LogP contribution in [0.25, 0.3) is 0 Å². The van der Waals surface area contributed by atoms with E-state index in [0.717, 1.165) is 5.69 Å². The Bertz CT molecular complexity index is 507. The lowest BCUT2D eigenvalue weighted by Crippen LogP contribution is -2.37. The maximum Gasteiger partial charge on any atom is 0.245 e. The smallest absolute Gasteiger partial charge is 0.245 e. The third kappa shape index (κ3) is 2.55. The van der Waals surface area contributed by atoms with Crippen LogP contribution in [0.2, 0.25) is 0 Å². The Hall–Kier alpha value is -1.84. The summed E-state index contributed by atoms with van der Waals surface area (Å²) in [5.74, 6) is -0.562. The quantitative estimate of drug-likeness (QED) is 0.886. The molecule has 108 valence electrons. The van der Waals surface area contributed by atoms with Gasteiger partial charge in [0.05, 0.1) is 6.54 Å². The Labute approximate surface area is 119 Å². The number of nitrogens with one attached hydrogen (secondary N) is 2. The van der Waals surface area contributed by atoms with E-state index in [-0.39, 0.29) is 35.1 Å². The molecule has 1 aromatic carbocycles. The minimum atomic E-state index is -0.294. The normalized spacial score (nSPS) is 19.2. The highest BCUT2D eigenvalue weighted by Gasteiger charge is 2.68. The molecule has 2 N–H and O–H groups in total. The van der Waals surface area contributed by atoms with E-state index in [1.807, 2.05) is 30.3 Å². The van der Waals surface area contributed by atoms with Crippen LogP contribution < -0.4 is 10.6 Å². The molecule has 4 nitrogen and oxygen atoms in total. The van der Waals surface area contributed by atoms with E-state index in [1.54, 1.807) is 0 Å². The Morgan fingerprint density at radius 1 is 1.05 bits per heavy atom. The van der Waals surface area contributed by atoms with Gasteiger partial charge in [0.25, 0.3) is 0 Å². The summed E-state index contributed by atoms with van der Waals surface area (Å²) in [6.07, 6.45) is 0. The van der Waals surface area contributed by atoms with E-state index in [1.165, 1.54) is 0 Å². The second-order valence-corrected chi connectivity index (χ2v) is 6.51. The number of hydrogen-bond donors (Lipinski definition) is 2. The highest BCUT2D eigenvalue weighted by molar-refractivity contribution is 6.00. The van der Waals surface area contributed by atoms with Crippen LogP contribution in [-0.4, -0.2) is 18.4 Å². The van der Waals surface area contributed by atoms with Crippen LogP contribution in [0.3, 0.4) is 0 Å². The molecule has 1 fully saturated rings. The van der Waals surface area contributed by atoms with E-state index in [4.69, 9.17) is 0 Å². The predicted octanol–water partition coefficient (Wildman–Crippen LogP) is 2.42. The monoisotopic (exact) mass is 274 g/mol. The second-order valence-electron chi connectivity index (χ2n) is 6.51. The molecule has 0 saturated heterocycles. The molecule has 1 aliphatic carbocycles. The van der Waals surface area contributed by atoms with E-state index in [9.17, 15) is 9.59 Å². The van der Waals surface area contributed by atoms with Gasteiger partial charge in [0.1, 0.15) is 0 Å². The third-order valence-corrected chi connectivity index (χ3v) is 4.77. The van der Waals surface area contributed by atoms with Crippen molar-refractivity contribution in [2.75, 3.05) is 11.9 Å². The first kappa shape index (κ1) is 14.6. The fourth-order valence-corrected chi connectivity index (χ4v) is 2.84. The van der Waals surface area contributed by atoms with Gasteiger partial charge < -0.3 is 5.32 Å². The van der Waals surface area contributed by atoms with E-state index >= 15 is 0 Å². The summed E-state index contributed by atoms with van der Waals surface area (Å²) in [4.78, 5) is 23.9. The predicted molar refractivity (Wildman–Crippen MR) is 79.1 cm³/mol.